The van der Waals surface area contributed by atoms with Crippen molar-refractivity contribution in [1.29, 1.82) is 0 Å². The standard InChI is InChI=1S/C12H16N4O2S/c1-8(2)15-6-10(5-14-15)16-9(3)4-13-12(16)19-7-11(17)18/h4-6,8H,7H2,1-3H3,(H,17,18). The average molecular weight is 280 g/mol. The summed E-state index contributed by atoms with van der Waals surface area (Å²) in [5.74, 6) is -0.857. The molecule has 0 radical (unpaired) electrons. The van der Waals surface area contributed by atoms with E-state index in [0.717, 1.165) is 11.4 Å². The molecule has 0 aliphatic carbocycles. The van der Waals surface area contributed by atoms with Crippen molar-refractivity contribution in [2.45, 2.75) is 32.0 Å². The van der Waals surface area contributed by atoms with Gasteiger partial charge in [0.05, 0.1) is 17.6 Å². The van der Waals surface area contributed by atoms with E-state index in [0.29, 0.717) is 5.16 Å². The lowest BCUT2D eigenvalue weighted by Crippen LogP contribution is -2.03. The number of carbonyl (C=O) groups is 1. The molecule has 2 aromatic rings. The van der Waals surface area contributed by atoms with E-state index < -0.39 is 5.97 Å². The van der Waals surface area contributed by atoms with Crippen molar-refractivity contribution in [3.63, 3.8) is 0 Å². The summed E-state index contributed by atoms with van der Waals surface area (Å²) in [6.45, 7) is 6.04. The van der Waals surface area contributed by atoms with Crippen LogP contribution in [0.3, 0.4) is 0 Å². The van der Waals surface area contributed by atoms with Crippen LogP contribution < -0.4 is 0 Å². The summed E-state index contributed by atoms with van der Waals surface area (Å²) in [5.41, 5.74) is 1.85. The molecule has 2 heterocycles. The minimum Gasteiger partial charge on any atom is -0.481 e. The van der Waals surface area contributed by atoms with E-state index in [-0.39, 0.29) is 11.8 Å². The van der Waals surface area contributed by atoms with Gasteiger partial charge in [-0.1, -0.05) is 11.8 Å². The fourth-order valence-electron chi connectivity index (χ4n) is 1.68. The lowest BCUT2D eigenvalue weighted by atomic mass is 10.4. The van der Waals surface area contributed by atoms with E-state index in [4.69, 9.17) is 5.11 Å². The number of nitrogens with zero attached hydrogens (tertiary/aromatic N) is 4. The Morgan fingerprint density at radius 3 is 2.79 bits per heavy atom. The summed E-state index contributed by atoms with van der Waals surface area (Å²) >= 11 is 1.20. The molecular weight excluding hydrogens is 264 g/mol. The Kier molecular flexibility index (Phi) is 3.94. The van der Waals surface area contributed by atoms with Gasteiger partial charge in [0.2, 0.25) is 0 Å². The van der Waals surface area contributed by atoms with E-state index in [1.54, 1.807) is 12.4 Å². The first-order valence-corrected chi connectivity index (χ1v) is 6.91. The molecule has 1 N–H and O–H groups in total. The zero-order valence-electron chi connectivity index (χ0n) is 11.1. The predicted molar refractivity (Wildman–Crippen MR) is 72.8 cm³/mol. The van der Waals surface area contributed by atoms with Crippen LogP contribution in [0.4, 0.5) is 0 Å². The average Bonchev–Trinajstić information content (AvgIpc) is 2.92. The lowest BCUT2D eigenvalue weighted by molar-refractivity contribution is -0.133. The monoisotopic (exact) mass is 280 g/mol. The minimum atomic E-state index is -0.852. The van der Waals surface area contributed by atoms with Gasteiger partial charge in [-0.25, -0.2) is 4.98 Å². The van der Waals surface area contributed by atoms with Crippen LogP contribution >= 0.6 is 11.8 Å². The van der Waals surface area contributed by atoms with E-state index in [1.807, 2.05) is 22.4 Å². The second kappa shape index (κ2) is 5.48. The molecule has 0 fully saturated rings. The number of hydrogen-bond donors (Lipinski definition) is 1. The number of hydrogen-bond acceptors (Lipinski definition) is 4. The van der Waals surface area contributed by atoms with Crippen LogP contribution in [-0.2, 0) is 4.79 Å². The van der Waals surface area contributed by atoms with E-state index in [9.17, 15) is 4.79 Å². The maximum Gasteiger partial charge on any atom is 0.313 e. The van der Waals surface area contributed by atoms with Gasteiger partial charge in [-0.2, -0.15) is 5.10 Å². The highest BCUT2D eigenvalue weighted by Crippen LogP contribution is 2.23. The maximum atomic E-state index is 10.6. The second-order valence-electron chi connectivity index (χ2n) is 4.47. The van der Waals surface area contributed by atoms with Crippen LogP contribution in [0.5, 0.6) is 0 Å². The highest BCUT2D eigenvalue weighted by molar-refractivity contribution is 7.99. The predicted octanol–water partition coefficient (Wildman–Crippen LogP) is 2.13. The fourth-order valence-corrected chi connectivity index (χ4v) is 2.44. The molecule has 0 unspecified atom stereocenters. The summed E-state index contributed by atoms with van der Waals surface area (Å²) in [6, 6.07) is 0.285. The molecule has 0 aliphatic rings. The van der Waals surface area contributed by atoms with Crippen LogP contribution in [0.1, 0.15) is 25.6 Å². The first kappa shape index (κ1) is 13.7. The Bertz CT molecular complexity index is 588. The molecule has 0 atom stereocenters. The van der Waals surface area contributed by atoms with Gasteiger partial charge in [-0.05, 0) is 20.8 Å². The Morgan fingerprint density at radius 1 is 1.47 bits per heavy atom. The normalized spacial score (nSPS) is 11.2. The Hall–Kier alpha value is -1.76. The molecule has 6 nitrogen and oxygen atoms in total. The molecule has 7 heteroatoms. The van der Waals surface area contributed by atoms with Gasteiger partial charge in [0.1, 0.15) is 0 Å². The van der Waals surface area contributed by atoms with Gasteiger partial charge in [-0.15, -0.1) is 0 Å². The van der Waals surface area contributed by atoms with Crippen molar-refractivity contribution >= 4 is 17.7 Å². The summed E-state index contributed by atoms with van der Waals surface area (Å²) < 4.78 is 3.78. The summed E-state index contributed by atoms with van der Waals surface area (Å²) in [6.07, 6.45) is 5.43. The topological polar surface area (TPSA) is 72.9 Å². The van der Waals surface area contributed by atoms with Gasteiger partial charge in [0, 0.05) is 24.1 Å². The van der Waals surface area contributed by atoms with E-state index in [2.05, 4.69) is 23.9 Å². The smallest absolute Gasteiger partial charge is 0.313 e. The fraction of sp³-hybridized carbons (Fsp3) is 0.417. The maximum absolute atomic E-state index is 10.6. The first-order chi connectivity index (χ1) is 8.99. The third kappa shape index (κ3) is 2.98. The highest BCUT2D eigenvalue weighted by atomic mass is 32.2. The molecular formula is C12H16N4O2S. The van der Waals surface area contributed by atoms with Crippen LogP contribution in [-0.4, -0.2) is 36.2 Å². The Balaban J connectivity index is 2.31. The number of aliphatic carboxylic acids is 1. The van der Waals surface area contributed by atoms with Crippen LogP contribution in [0.15, 0.2) is 23.7 Å². The SMILES string of the molecule is Cc1cnc(SCC(=O)O)n1-c1cnn(C(C)C)c1. The molecule has 0 spiro atoms. The zero-order valence-corrected chi connectivity index (χ0v) is 11.9. The number of imidazole rings is 1. The van der Waals surface area contributed by atoms with Crippen molar-refractivity contribution < 1.29 is 9.90 Å². The largest absolute Gasteiger partial charge is 0.481 e. The summed E-state index contributed by atoms with van der Waals surface area (Å²) in [4.78, 5) is 14.9. The van der Waals surface area contributed by atoms with Crippen molar-refractivity contribution in [2.75, 3.05) is 5.75 Å². The molecule has 0 aliphatic heterocycles. The number of thioether (sulfide) groups is 1. The van der Waals surface area contributed by atoms with Gasteiger partial charge in [0.25, 0.3) is 0 Å². The molecule has 0 saturated carbocycles. The molecule has 0 aromatic carbocycles. The summed E-state index contributed by atoms with van der Waals surface area (Å²) in [5, 5.41) is 13.7. The highest BCUT2D eigenvalue weighted by Gasteiger charge is 2.13. The Labute approximate surface area is 115 Å². The lowest BCUT2D eigenvalue weighted by Gasteiger charge is -2.07. The molecule has 0 saturated heterocycles. The molecule has 102 valence electrons. The number of aryl methyl sites for hydroxylation is 1. The first-order valence-electron chi connectivity index (χ1n) is 5.92. The second-order valence-corrected chi connectivity index (χ2v) is 5.41. The summed E-state index contributed by atoms with van der Waals surface area (Å²) in [7, 11) is 0. The number of carboxylic acids is 1. The van der Waals surface area contributed by atoms with Crippen molar-refractivity contribution in [1.82, 2.24) is 19.3 Å². The van der Waals surface area contributed by atoms with Crippen LogP contribution in [0.25, 0.3) is 5.69 Å². The molecule has 2 aromatic heterocycles. The number of carboxylic acid groups (broad SMARTS) is 1. The van der Waals surface area contributed by atoms with Gasteiger partial charge in [0.15, 0.2) is 5.16 Å². The quantitative estimate of drug-likeness (QED) is 0.849. The molecule has 2 rings (SSSR count). The van der Waals surface area contributed by atoms with Gasteiger partial charge in [-0.3, -0.25) is 14.0 Å². The molecule has 0 bridgehead atoms. The number of rotatable bonds is 5. The van der Waals surface area contributed by atoms with Crippen molar-refractivity contribution in [3.8, 4) is 5.69 Å². The van der Waals surface area contributed by atoms with Crippen LogP contribution in [0, 0.1) is 6.92 Å². The molecule has 0 amide bonds. The third-order valence-electron chi connectivity index (χ3n) is 2.61. The van der Waals surface area contributed by atoms with E-state index in [1.165, 1.54) is 11.8 Å². The van der Waals surface area contributed by atoms with E-state index >= 15 is 0 Å². The van der Waals surface area contributed by atoms with Gasteiger partial charge < -0.3 is 5.11 Å². The minimum absolute atomic E-state index is 0.00519. The third-order valence-corrected chi connectivity index (χ3v) is 3.54. The number of aromatic nitrogens is 4. The van der Waals surface area contributed by atoms with Crippen LogP contribution in [0.2, 0.25) is 0 Å². The zero-order chi connectivity index (χ0) is 14.0. The van der Waals surface area contributed by atoms with Crippen molar-refractivity contribution in [3.05, 3.63) is 24.3 Å². The van der Waals surface area contributed by atoms with Crippen molar-refractivity contribution in [2.24, 2.45) is 0 Å². The van der Waals surface area contributed by atoms with Gasteiger partial charge >= 0.3 is 5.97 Å². The molecule has 19 heavy (non-hydrogen) atoms. The Morgan fingerprint density at radius 2 is 2.21 bits per heavy atom.